The second-order valence-corrected chi connectivity index (χ2v) is 3.84. The van der Waals surface area contributed by atoms with Gasteiger partial charge < -0.3 is 0 Å². The first-order valence-electron chi connectivity index (χ1n) is 4.88. The van der Waals surface area contributed by atoms with Crippen LogP contribution in [0, 0.1) is 18.3 Å². The van der Waals surface area contributed by atoms with E-state index in [0.717, 1.165) is 0 Å². The van der Waals surface area contributed by atoms with Crippen LogP contribution in [0.15, 0.2) is 24.3 Å². The molecule has 0 saturated heterocycles. The second-order valence-electron chi connectivity index (χ2n) is 3.48. The number of hydrogen-bond acceptors (Lipinski definition) is 3. The van der Waals surface area contributed by atoms with Gasteiger partial charge in [-0.05, 0) is 31.2 Å². The summed E-state index contributed by atoms with van der Waals surface area (Å²) >= 11 is 6.04. The van der Waals surface area contributed by atoms with Crippen molar-refractivity contribution in [3.05, 3.63) is 46.2 Å². The van der Waals surface area contributed by atoms with Crippen molar-refractivity contribution in [3.63, 3.8) is 0 Å². The van der Waals surface area contributed by atoms with E-state index >= 15 is 0 Å². The highest BCUT2D eigenvalue weighted by Crippen LogP contribution is 2.21. The van der Waals surface area contributed by atoms with E-state index in [9.17, 15) is 4.79 Å². The van der Waals surface area contributed by atoms with Crippen molar-refractivity contribution in [2.75, 3.05) is 0 Å². The van der Waals surface area contributed by atoms with Crippen LogP contribution in [0.3, 0.4) is 0 Å². The predicted octanol–water partition coefficient (Wildman–Crippen LogP) is 2.52. The fourth-order valence-corrected chi connectivity index (χ4v) is 1.81. The molecule has 5 heteroatoms. The summed E-state index contributed by atoms with van der Waals surface area (Å²) in [5, 5.41) is 13.2. The van der Waals surface area contributed by atoms with Crippen molar-refractivity contribution in [3.8, 4) is 11.8 Å². The van der Waals surface area contributed by atoms with Gasteiger partial charge in [-0.3, -0.25) is 4.79 Å². The van der Waals surface area contributed by atoms with Crippen LogP contribution in [0.1, 0.15) is 21.6 Å². The number of nitriles is 1. The number of hydrogen-bond donors (Lipinski definition) is 0. The highest BCUT2D eigenvalue weighted by molar-refractivity contribution is 6.32. The first kappa shape index (κ1) is 11.4. The Morgan fingerprint density at radius 3 is 2.53 bits per heavy atom. The van der Waals surface area contributed by atoms with Gasteiger partial charge in [0.05, 0.1) is 28.6 Å². The van der Waals surface area contributed by atoms with E-state index in [1.165, 1.54) is 4.68 Å². The summed E-state index contributed by atoms with van der Waals surface area (Å²) in [4.78, 5) is 10.8. The van der Waals surface area contributed by atoms with Crippen molar-refractivity contribution in [1.29, 1.82) is 5.26 Å². The smallest absolute Gasteiger partial charge is 0.155 e. The van der Waals surface area contributed by atoms with Crippen molar-refractivity contribution >= 4 is 17.9 Å². The fourth-order valence-electron chi connectivity index (χ4n) is 1.49. The summed E-state index contributed by atoms with van der Waals surface area (Å²) < 4.78 is 1.47. The van der Waals surface area contributed by atoms with Gasteiger partial charge in [-0.2, -0.15) is 10.4 Å². The van der Waals surface area contributed by atoms with Crippen molar-refractivity contribution in [2.45, 2.75) is 6.92 Å². The zero-order valence-corrected chi connectivity index (χ0v) is 9.77. The third kappa shape index (κ3) is 1.93. The topological polar surface area (TPSA) is 58.7 Å². The monoisotopic (exact) mass is 245 g/mol. The van der Waals surface area contributed by atoms with E-state index < -0.39 is 0 Å². The Labute approximate surface area is 103 Å². The van der Waals surface area contributed by atoms with Gasteiger partial charge in [0.25, 0.3) is 0 Å². The van der Waals surface area contributed by atoms with Gasteiger partial charge in [0.15, 0.2) is 6.29 Å². The minimum atomic E-state index is 0.280. The molecule has 1 heterocycles. The molecule has 0 amide bonds. The molecule has 2 aromatic rings. The quantitative estimate of drug-likeness (QED) is 0.764. The molecule has 0 spiro atoms. The van der Waals surface area contributed by atoms with Gasteiger partial charge in [0, 0.05) is 0 Å². The third-order valence-electron chi connectivity index (χ3n) is 2.41. The van der Waals surface area contributed by atoms with E-state index in [2.05, 4.69) is 5.10 Å². The largest absolute Gasteiger partial charge is 0.298 e. The van der Waals surface area contributed by atoms with Crippen LogP contribution in [0.4, 0.5) is 0 Å². The van der Waals surface area contributed by atoms with E-state index in [4.69, 9.17) is 16.9 Å². The molecule has 0 bridgehead atoms. The zero-order valence-electron chi connectivity index (χ0n) is 9.01. The van der Waals surface area contributed by atoms with Gasteiger partial charge in [-0.15, -0.1) is 0 Å². The molecule has 84 valence electrons. The Balaban J connectivity index is 2.53. The van der Waals surface area contributed by atoms with Crippen LogP contribution in [0.5, 0.6) is 0 Å². The second kappa shape index (κ2) is 4.40. The lowest BCUT2D eigenvalue weighted by Gasteiger charge is -2.02. The number of carbonyl (C=O) groups excluding carboxylic acids is 1. The molecule has 0 fully saturated rings. The standard InChI is InChI=1S/C12H8ClN3O/c1-8-11(7-17)12(13)16(15-8)10-4-2-9(6-14)3-5-10/h2-5,7H,1H3. The van der Waals surface area contributed by atoms with Gasteiger partial charge in [0.1, 0.15) is 5.15 Å². The SMILES string of the molecule is Cc1nn(-c2ccc(C#N)cc2)c(Cl)c1C=O. The third-order valence-corrected chi connectivity index (χ3v) is 2.77. The summed E-state index contributed by atoms with van der Waals surface area (Å²) in [5.74, 6) is 0. The summed E-state index contributed by atoms with van der Waals surface area (Å²) in [6.45, 7) is 1.72. The molecule has 4 nitrogen and oxygen atoms in total. The van der Waals surface area contributed by atoms with E-state index in [1.54, 1.807) is 31.2 Å². The lowest BCUT2D eigenvalue weighted by molar-refractivity contribution is 0.112. The molecule has 0 atom stereocenters. The predicted molar refractivity (Wildman–Crippen MR) is 63.4 cm³/mol. The molecule has 0 unspecified atom stereocenters. The number of halogens is 1. The maximum Gasteiger partial charge on any atom is 0.155 e. The van der Waals surface area contributed by atoms with Crippen molar-refractivity contribution in [2.24, 2.45) is 0 Å². The number of aryl methyl sites for hydroxylation is 1. The van der Waals surface area contributed by atoms with Crippen LogP contribution < -0.4 is 0 Å². The number of nitrogens with zero attached hydrogens (tertiary/aromatic N) is 3. The minimum absolute atomic E-state index is 0.280. The Morgan fingerprint density at radius 1 is 1.41 bits per heavy atom. The van der Waals surface area contributed by atoms with E-state index in [0.29, 0.717) is 28.8 Å². The van der Waals surface area contributed by atoms with Crippen LogP contribution in [0.2, 0.25) is 5.15 Å². The zero-order chi connectivity index (χ0) is 12.4. The molecule has 0 radical (unpaired) electrons. The Kier molecular flexibility index (Phi) is 2.94. The first-order valence-corrected chi connectivity index (χ1v) is 5.26. The summed E-state index contributed by atoms with van der Waals surface area (Å²) in [7, 11) is 0. The number of aromatic nitrogens is 2. The molecule has 1 aromatic carbocycles. The van der Waals surface area contributed by atoms with E-state index in [1.807, 2.05) is 6.07 Å². The normalized spacial score (nSPS) is 9.94. The lowest BCUT2D eigenvalue weighted by atomic mass is 10.2. The minimum Gasteiger partial charge on any atom is -0.298 e. The van der Waals surface area contributed by atoms with Gasteiger partial charge in [0.2, 0.25) is 0 Å². The molecule has 0 aliphatic carbocycles. The summed E-state index contributed by atoms with van der Waals surface area (Å²) in [5.41, 5.74) is 2.24. The maximum atomic E-state index is 10.8. The molecule has 0 saturated carbocycles. The van der Waals surface area contributed by atoms with Crippen molar-refractivity contribution in [1.82, 2.24) is 9.78 Å². The Morgan fingerprint density at radius 2 is 2.06 bits per heavy atom. The highest BCUT2D eigenvalue weighted by atomic mass is 35.5. The summed E-state index contributed by atoms with van der Waals surface area (Å²) in [6.07, 6.45) is 0.685. The molecule has 17 heavy (non-hydrogen) atoms. The average molecular weight is 246 g/mol. The molecule has 1 aromatic heterocycles. The Hall–Kier alpha value is -2.12. The molecular weight excluding hydrogens is 238 g/mol. The highest BCUT2D eigenvalue weighted by Gasteiger charge is 2.13. The number of rotatable bonds is 2. The van der Waals surface area contributed by atoms with Crippen LogP contribution in [0.25, 0.3) is 5.69 Å². The molecular formula is C12H8ClN3O. The van der Waals surface area contributed by atoms with Crippen LogP contribution >= 0.6 is 11.6 Å². The van der Waals surface area contributed by atoms with Crippen molar-refractivity contribution < 1.29 is 4.79 Å². The Bertz CT molecular complexity index is 608. The van der Waals surface area contributed by atoms with Crippen LogP contribution in [-0.4, -0.2) is 16.1 Å². The van der Waals surface area contributed by atoms with Gasteiger partial charge >= 0.3 is 0 Å². The maximum absolute atomic E-state index is 10.8. The first-order chi connectivity index (χ1) is 8.17. The number of benzene rings is 1. The van der Waals surface area contributed by atoms with E-state index in [-0.39, 0.29) is 5.15 Å². The molecule has 0 aliphatic rings. The van der Waals surface area contributed by atoms with Gasteiger partial charge in [-0.25, -0.2) is 4.68 Å². The molecule has 2 rings (SSSR count). The van der Waals surface area contributed by atoms with Crippen LogP contribution in [-0.2, 0) is 0 Å². The molecule has 0 aliphatic heterocycles. The average Bonchev–Trinajstić information content (AvgIpc) is 2.64. The fraction of sp³-hybridized carbons (Fsp3) is 0.0833. The van der Waals surface area contributed by atoms with Gasteiger partial charge in [-0.1, -0.05) is 11.6 Å². The summed E-state index contributed by atoms with van der Waals surface area (Å²) in [6, 6.07) is 8.82. The number of carbonyl (C=O) groups is 1. The number of aldehydes is 1. The molecule has 0 N–H and O–H groups in total. The lowest BCUT2D eigenvalue weighted by Crippen LogP contribution is -1.96.